The molecule has 0 aliphatic rings. The van der Waals surface area contributed by atoms with E-state index in [2.05, 4.69) is 81.5 Å². The fourth-order valence-electron chi connectivity index (χ4n) is 8.09. The summed E-state index contributed by atoms with van der Waals surface area (Å²) >= 11 is 0. The lowest BCUT2D eigenvalue weighted by Gasteiger charge is -2.18. The van der Waals surface area contributed by atoms with Gasteiger partial charge in [-0.25, -0.2) is 0 Å². The highest BCUT2D eigenvalue weighted by atomic mass is 16.6. The summed E-state index contributed by atoms with van der Waals surface area (Å²) in [4.78, 5) is 38.1. The second-order valence-electron chi connectivity index (χ2n) is 19.2. The number of hydrogen-bond donors (Lipinski definition) is 0. The molecule has 0 saturated carbocycles. The molecule has 1 atom stereocenters. The molecule has 0 aliphatic carbocycles. The first-order valence-electron chi connectivity index (χ1n) is 28.8. The van der Waals surface area contributed by atoms with Crippen LogP contribution in [0, 0.1) is 0 Å². The molecule has 0 bridgehead atoms. The Hall–Kier alpha value is -2.89. The SMILES string of the molecule is CCCCC/C=C\C/C=C\C/C=C\CCCCC(=O)OC[C@H](COC(=O)CCCCCCCCCCC/C=C\CCCCCCCC)OC(=O)CCCCCCC/C=C\CCCCCCCC. The van der Waals surface area contributed by atoms with Crippen LogP contribution in [0.15, 0.2) is 60.8 Å². The zero-order valence-electron chi connectivity index (χ0n) is 44.4. The smallest absolute Gasteiger partial charge is 0.306 e. The number of ether oxygens (including phenoxy) is 3. The summed E-state index contributed by atoms with van der Waals surface area (Å²) in [6, 6.07) is 0. The van der Waals surface area contributed by atoms with Crippen molar-refractivity contribution in [3.8, 4) is 0 Å². The maximum atomic E-state index is 12.8. The zero-order valence-corrected chi connectivity index (χ0v) is 44.4. The van der Waals surface area contributed by atoms with Crippen molar-refractivity contribution in [1.29, 1.82) is 0 Å². The average Bonchev–Trinajstić information content (AvgIpc) is 3.33. The predicted molar refractivity (Wildman–Crippen MR) is 288 cm³/mol. The van der Waals surface area contributed by atoms with Crippen molar-refractivity contribution in [2.75, 3.05) is 13.2 Å². The highest BCUT2D eigenvalue weighted by Crippen LogP contribution is 2.15. The summed E-state index contributed by atoms with van der Waals surface area (Å²) in [7, 11) is 0. The molecule has 67 heavy (non-hydrogen) atoms. The van der Waals surface area contributed by atoms with E-state index in [0.29, 0.717) is 19.3 Å². The van der Waals surface area contributed by atoms with E-state index in [9.17, 15) is 14.4 Å². The first-order chi connectivity index (χ1) is 33.0. The Labute approximate surface area is 415 Å². The molecule has 0 aromatic heterocycles. The highest BCUT2D eigenvalue weighted by Gasteiger charge is 2.19. The molecule has 0 unspecified atom stereocenters. The van der Waals surface area contributed by atoms with Crippen LogP contribution in [0.1, 0.15) is 290 Å². The lowest BCUT2D eigenvalue weighted by Crippen LogP contribution is -2.30. The van der Waals surface area contributed by atoms with Crippen LogP contribution in [0.4, 0.5) is 0 Å². The summed E-state index contributed by atoms with van der Waals surface area (Å²) in [5.74, 6) is -0.930. The van der Waals surface area contributed by atoms with Gasteiger partial charge in [-0.05, 0) is 109 Å². The van der Waals surface area contributed by atoms with Gasteiger partial charge < -0.3 is 14.2 Å². The Morgan fingerprint density at radius 3 is 0.910 bits per heavy atom. The summed E-state index contributed by atoms with van der Waals surface area (Å²) in [5.41, 5.74) is 0. The molecule has 0 fully saturated rings. The molecule has 0 N–H and O–H groups in total. The van der Waals surface area contributed by atoms with E-state index in [4.69, 9.17) is 14.2 Å². The van der Waals surface area contributed by atoms with Gasteiger partial charge in [-0.1, -0.05) is 223 Å². The van der Waals surface area contributed by atoms with Crippen LogP contribution in [-0.2, 0) is 28.6 Å². The Bertz CT molecular complexity index is 1210. The van der Waals surface area contributed by atoms with E-state index in [1.54, 1.807) is 0 Å². The molecule has 0 radical (unpaired) electrons. The third-order valence-electron chi connectivity index (χ3n) is 12.5. The largest absolute Gasteiger partial charge is 0.462 e. The molecule has 0 aromatic carbocycles. The molecule has 0 saturated heterocycles. The van der Waals surface area contributed by atoms with Crippen molar-refractivity contribution in [2.24, 2.45) is 0 Å². The molecule has 0 aliphatic heterocycles. The first-order valence-corrected chi connectivity index (χ1v) is 28.8. The van der Waals surface area contributed by atoms with Crippen molar-refractivity contribution in [3.05, 3.63) is 60.8 Å². The third-order valence-corrected chi connectivity index (χ3v) is 12.5. The molecular formula is C61H108O6. The van der Waals surface area contributed by atoms with Crippen molar-refractivity contribution in [2.45, 2.75) is 297 Å². The molecule has 0 heterocycles. The number of esters is 3. The molecule has 0 amide bonds. The quantitative estimate of drug-likeness (QED) is 0.0262. The van der Waals surface area contributed by atoms with Crippen molar-refractivity contribution < 1.29 is 28.6 Å². The molecule has 388 valence electrons. The van der Waals surface area contributed by atoms with Crippen LogP contribution in [-0.4, -0.2) is 37.2 Å². The second kappa shape index (κ2) is 55.7. The van der Waals surface area contributed by atoms with Gasteiger partial charge in [-0.3, -0.25) is 14.4 Å². The predicted octanol–water partition coefficient (Wildman–Crippen LogP) is 19.2. The van der Waals surface area contributed by atoms with Crippen LogP contribution in [0.3, 0.4) is 0 Å². The fourth-order valence-corrected chi connectivity index (χ4v) is 8.09. The molecule has 0 spiro atoms. The van der Waals surface area contributed by atoms with Gasteiger partial charge in [0.25, 0.3) is 0 Å². The maximum Gasteiger partial charge on any atom is 0.306 e. The lowest BCUT2D eigenvalue weighted by molar-refractivity contribution is -0.167. The number of unbranched alkanes of at least 4 members (excludes halogenated alkanes) is 31. The number of allylic oxidation sites excluding steroid dienone is 10. The Morgan fingerprint density at radius 1 is 0.299 bits per heavy atom. The molecule has 0 rings (SSSR count). The minimum absolute atomic E-state index is 0.0897. The van der Waals surface area contributed by atoms with Crippen molar-refractivity contribution in [1.82, 2.24) is 0 Å². The van der Waals surface area contributed by atoms with Gasteiger partial charge in [0, 0.05) is 19.3 Å². The van der Waals surface area contributed by atoms with Crippen LogP contribution in [0.5, 0.6) is 0 Å². The van der Waals surface area contributed by atoms with E-state index in [0.717, 1.165) is 83.5 Å². The van der Waals surface area contributed by atoms with E-state index >= 15 is 0 Å². The maximum absolute atomic E-state index is 12.8. The van der Waals surface area contributed by atoms with Crippen molar-refractivity contribution in [3.63, 3.8) is 0 Å². The number of carbonyl (C=O) groups excluding carboxylic acids is 3. The standard InChI is InChI=1S/C61H108O6/c1-4-7-10-13-16-19-22-25-28-29-30-31-34-36-39-42-45-48-51-54-60(63)66-57-58(67-61(64)55-52-49-46-43-40-37-33-27-24-21-18-15-12-9-6-3)56-65-59(62)53-50-47-44-41-38-35-32-26-23-20-17-14-11-8-5-2/h17,20,25-28,32-33,38,41,58H,4-16,18-19,21-24,29-31,34-37,39-40,42-57H2,1-3H3/b20-17-,28-25-,32-26-,33-27-,41-38-/t58-/m1/s1. The summed E-state index contributed by atoms with van der Waals surface area (Å²) in [6.07, 6.45) is 69.2. The Kier molecular flexibility index (Phi) is 53.3. The van der Waals surface area contributed by atoms with Gasteiger partial charge in [0.2, 0.25) is 0 Å². The van der Waals surface area contributed by atoms with Gasteiger partial charge in [-0.15, -0.1) is 0 Å². The normalized spacial score (nSPS) is 12.5. The number of carbonyl (C=O) groups is 3. The monoisotopic (exact) mass is 937 g/mol. The van der Waals surface area contributed by atoms with Crippen molar-refractivity contribution >= 4 is 17.9 Å². The van der Waals surface area contributed by atoms with E-state index < -0.39 is 6.10 Å². The average molecular weight is 938 g/mol. The molecular weight excluding hydrogens is 829 g/mol. The van der Waals surface area contributed by atoms with Gasteiger partial charge in [0.1, 0.15) is 13.2 Å². The topological polar surface area (TPSA) is 78.9 Å². The Morgan fingerprint density at radius 2 is 0.537 bits per heavy atom. The van der Waals surface area contributed by atoms with Gasteiger partial charge in [-0.2, -0.15) is 0 Å². The van der Waals surface area contributed by atoms with Crippen LogP contribution < -0.4 is 0 Å². The van der Waals surface area contributed by atoms with Crippen LogP contribution in [0.2, 0.25) is 0 Å². The minimum Gasteiger partial charge on any atom is -0.462 e. The van der Waals surface area contributed by atoms with E-state index in [1.807, 2.05) is 0 Å². The number of rotatable bonds is 52. The fraction of sp³-hybridized carbons (Fsp3) is 0.787. The lowest BCUT2D eigenvalue weighted by atomic mass is 10.1. The van der Waals surface area contributed by atoms with Gasteiger partial charge in [0.15, 0.2) is 6.10 Å². The summed E-state index contributed by atoms with van der Waals surface area (Å²) in [6.45, 7) is 6.58. The molecule has 6 heteroatoms. The Balaban J connectivity index is 4.41. The van der Waals surface area contributed by atoms with E-state index in [1.165, 1.54) is 167 Å². The molecule has 0 aromatic rings. The van der Waals surface area contributed by atoms with Crippen LogP contribution in [0.25, 0.3) is 0 Å². The zero-order chi connectivity index (χ0) is 48.6. The van der Waals surface area contributed by atoms with Crippen LogP contribution >= 0.6 is 0 Å². The molecule has 6 nitrogen and oxygen atoms in total. The minimum atomic E-state index is -0.794. The summed E-state index contributed by atoms with van der Waals surface area (Å²) < 4.78 is 16.8. The highest BCUT2D eigenvalue weighted by molar-refractivity contribution is 5.71. The van der Waals surface area contributed by atoms with Gasteiger partial charge in [0.05, 0.1) is 0 Å². The number of hydrogen-bond acceptors (Lipinski definition) is 6. The first kappa shape index (κ1) is 64.1. The van der Waals surface area contributed by atoms with Gasteiger partial charge >= 0.3 is 17.9 Å². The third kappa shape index (κ3) is 53.9. The summed E-state index contributed by atoms with van der Waals surface area (Å²) in [5, 5.41) is 0. The second-order valence-corrected chi connectivity index (χ2v) is 19.2. The van der Waals surface area contributed by atoms with E-state index in [-0.39, 0.29) is 31.1 Å².